The third-order valence-corrected chi connectivity index (χ3v) is 3.35. The van der Waals surface area contributed by atoms with Crippen LogP contribution in [0.1, 0.15) is 33.1 Å². The van der Waals surface area contributed by atoms with Crippen LogP contribution in [0.2, 0.25) is 0 Å². The minimum atomic E-state index is 0.0804. The molecule has 2 aromatic rings. The average molecular weight is 311 g/mol. The molecule has 18 heavy (non-hydrogen) atoms. The van der Waals surface area contributed by atoms with Crippen LogP contribution in [0.25, 0.3) is 11.1 Å². The van der Waals surface area contributed by atoms with Crippen molar-refractivity contribution in [2.24, 2.45) is 11.1 Å². The highest BCUT2D eigenvalue weighted by atomic mass is 79.9. The first-order valence-electron chi connectivity index (χ1n) is 6.15. The van der Waals surface area contributed by atoms with Gasteiger partial charge >= 0.3 is 0 Å². The van der Waals surface area contributed by atoms with Gasteiger partial charge in [0, 0.05) is 12.5 Å². The van der Waals surface area contributed by atoms with Crippen molar-refractivity contribution in [3.63, 3.8) is 0 Å². The van der Waals surface area contributed by atoms with Crippen molar-refractivity contribution in [1.29, 1.82) is 0 Å². The minimum absolute atomic E-state index is 0.0804. The molecule has 1 aromatic carbocycles. The van der Waals surface area contributed by atoms with Crippen LogP contribution in [0.5, 0.6) is 0 Å². The first-order chi connectivity index (χ1) is 8.35. The smallest absolute Gasteiger partial charge is 0.197 e. The zero-order valence-electron chi connectivity index (χ0n) is 11.0. The van der Waals surface area contributed by atoms with Gasteiger partial charge in [-0.05, 0) is 39.9 Å². The lowest BCUT2D eigenvalue weighted by Crippen LogP contribution is -2.28. The van der Waals surface area contributed by atoms with Crippen LogP contribution in [0.15, 0.2) is 27.1 Å². The van der Waals surface area contributed by atoms with E-state index in [4.69, 9.17) is 10.2 Å². The summed E-state index contributed by atoms with van der Waals surface area (Å²) in [6, 6.07) is 5.93. The molecule has 0 aliphatic rings. The summed E-state index contributed by atoms with van der Waals surface area (Å²) in [5, 5.41) is 0. The van der Waals surface area contributed by atoms with Gasteiger partial charge in [0.1, 0.15) is 5.52 Å². The van der Waals surface area contributed by atoms with E-state index in [1.807, 2.05) is 18.2 Å². The van der Waals surface area contributed by atoms with Crippen molar-refractivity contribution in [3.05, 3.63) is 28.6 Å². The highest BCUT2D eigenvalue weighted by molar-refractivity contribution is 9.10. The fraction of sp³-hybridized carbons (Fsp3) is 0.500. The summed E-state index contributed by atoms with van der Waals surface area (Å²) in [5.41, 5.74) is 8.05. The molecule has 1 atom stereocenters. The standard InChI is InChI=1S/C14H19BrN2O/c1-14(2,3)8-9(16)7-12-17-11-6-4-5-10(15)13(11)18-12/h4-6,9H,7-8,16H2,1-3H3. The number of fused-ring (bicyclic) bond motifs is 1. The first-order valence-corrected chi connectivity index (χ1v) is 6.94. The van der Waals surface area contributed by atoms with Gasteiger partial charge in [-0.15, -0.1) is 0 Å². The van der Waals surface area contributed by atoms with E-state index in [1.54, 1.807) is 0 Å². The van der Waals surface area contributed by atoms with Crippen LogP contribution >= 0.6 is 15.9 Å². The number of aromatic nitrogens is 1. The summed E-state index contributed by atoms with van der Waals surface area (Å²) in [6.45, 7) is 6.57. The van der Waals surface area contributed by atoms with E-state index in [0.29, 0.717) is 12.3 Å². The maximum absolute atomic E-state index is 6.14. The van der Waals surface area contributed by atoms with E-state index in [1.165, 1.54) is 0 Å². The summed E-state index contributed by atoms with van der Waals surface area (Å²) in [4.78, 5) is 4.47. The Balaban J connectivity index is 2.15. The third-order valence-electron chi connectivity index (χ3n) is 2.72. The van der Waals surface area contributed by atoms with Gasteiger partial charge in [0.2, 0.25) is 0 Å². The van der Waals surface area contributed by atoms with E-state index in [0.717, 1.165) is 22.0 Å². The second kappa shape index (κ2) is 5.02. The van der Waals surface area contributed by atoms with E-state index < -0.39 is 0 Å². The first kappa shape index (κ1) is 13.6. The zero-order valence-corrected chi connectivity index (χ0v) is 12.6. The molecule has 1 aromatic heterocycles. The van der Waals surface area contributed by atoms with Crippen LogP contribution in [0.4, 0.5) is 0 Å². The topological polar surface area (TPSA) is 52.0 Å². The van der Waals surface area contributed by atoms with Crippen LogP contribution in [0, 0.1) is 5.41 Å². The second-order valence-electron chi connectivity index (χ2n) is 5.92. The monoisotopic (exact) mass is 310 g/mol. The van der Waals surface area contributed by atoms with Crippen LogP contribution < -0.4 is 5.73 Å². The summed E-state index contributed by atoms with van der Waals surface area (Å²) in [6.07, 6.45) is 1.63. The van der Waals surface area contributed by atoms with Gasteiger partial charge in [0.05, 0.1) is 4.47 Å². The minimum Gasteiger partial charge on any atom is -0.439 e. The van der Waals surface area contributed by atoms with E-state index in [2.05, 4.69) is 41.7 Å². The summed E-state index contributed by atoms with van der Waals surface area (Å²) in [5.74, 6) is 0.716. The van der Waals surface area contributed by atoms with Crippen molar-refractivity contribution in [1.82, 2.24) is 4.98 Å². The van der Waals surface area contributed by atoms with Crippen molar-refractivity contribution in [2.45, 2.75) is 39.7 Å². The Hall–Kier alpha value is -0.870. The number of hydrogen-bond donors (Lipinski definition) is 1. The van der Waals surface area contributed by atoms with Crippen molar-refractivity contribution in [3.8, 4) is 0 Å². The van der Waals surface area contributed by atoms with Crippen LogP contribution in [0.3, 0.4) is 0 Å². The lowest BCUT2D eigenvalue weighted by atomic mass is 9.87. The Morgan fingerprint density at radius 2 is 2.11 bits per heavy atom. The summed E-state index contributed by atoms with van der Waals surface area (Å²) in [7, 11) is 0. The van der Waals surface area contributed by atoms with E-state index >= 15 is 0 Å². The zero-order chi connectivity index (χ0) is 13.3. The van der Waals surface area contributed by atoms with Gasteiger partial charge in [-0.25, -0.2) is 4.98 Å². The SMILES string of the molecule is CC(C)(C)CC(N)Cc1nc2cccc(Br)c2o1. The van der Waals surface area contributed by atoms with E-state index in [9.17, 15) is 0 Å². The molecule has 0 fully saturated rings. The average Bonchev–Trinajstić information content (AvgIpc) is 2.58. The molecule has 0 bridgehead atoms. The summed E-state index contributed by atoms with van der Waals surface area (Å²) >= 11 is 3.46. The van der Waals surface area contributed by atoms with Crippen molar-refractivity contribution in [2.75, 3.05) is 0 Å². The fourth-order valence-corrected chi connectivity index (χ4v) is 2.57. The molecule has 0 spiro atoms. The number of hydrogen-bond acceptors (Lipinski definition) is 3. The molecule has 2 N–H and O–H groups in total. The number of para-hydroxylation sites is 1. The highest BCUT2D eigenvalue weighted by Crippen LogP contribution is 2.26. The molecule has 1 unspecified atom stereocenters. The maximum atomic E-state index is 6.14. The Kier molecular flexibility index (Phi) is 3.78. The number of halogens is 1. The molecule has 0 aliphatic carbocycles. The molecular formula is C14H19BrN2O. The molecule has 0 saturated heterocycles. The van der Waals surface area contributed by atoms with Crippen LogP contribution in [-0.4, -0.2) is 11.0 Å². The molecule has 98 valence electrons. The third kappa shape index (κ3) is 3.33. The Morgan fingerprint density at radius 3 is 2.72 bits per heavy atom. The van der Waals surface area contributed by atoms with Gasteiger partial charge < -0.3 is 10.2 Å². The predicted octanol–water partition coefficient (Wildman–Crippen LogP) is 3.90. The molecule has 2 rings (SSSR count). The van der Waals surface area contributed by atoms with Crippen molar-refractivity contribution < 1.29 is 4.42 Å². The van der Waals surface area contributed by atoms with Gasteiger partial charge in [-0.2, -0.15) is 0 Å². The van der Waals surface area contributed by atoms with Gasteiger partial charge in [0.15, 0.2) is 11.5 Å². The Bertz CT molecular complexity index is 542. The molecule has 0 saturated carbocycles. The molecule has 0 aliphatic heterocycles. The van der Waals surface area contributed by atoms with Crippen molar-refractivity contribution >= 4 is 27.0 Å². The molecule has 0 amide bonds. The second-order valence-corrected chi connectivity index (χ2v) is 6.78. The molecule has 3 nitrogen and oxygen atoms in total. The Morgan fingerprint density at radius 1 is 1.39 bits per heavy atom. The highest BCUT2D eigenvalue weighted by Gasteiger charge is 2.18. The maximum Gasteiger partial charge on any atom is 0.197 e. The summed E-state index contributed by atoms with van der Waals surface area (Å²) < 4.78 is 6.68. The molecule has 0 radical (unpaired) electrons. The lowest BCUT2D eigenvalue weighted by Gasteiger charge is -2.22. The number of oxazole rings is 1. The van der Waals surface area contributed by atoms with Crippen LogP contribution in [-0.2, 0) is 6.42 Å². The normalized spacial score (nSPS) is 14.1. The predicted molar refractivity (Wildman–Crippen MR) is 77.5 cm³/mol. The van der Waals surface area contributed by atoms with E-state index in [-0.39, 0.29) is 11.5 Å². The largest absolute Gasteiger partial charge is 0.439 e. The van der Waals surface area contributed by atoms with Gasteiger partial charge in [-0.1, -0.05) is 26.8 Å². The number of nitrogens with two attached hydrogens (primary N) is 1. The number of rotatable bonds is 3. The Labute approximate surface area is 116 Å². The molecular weight excluding hydrogens is 292 g/mol. The molecule has 1 heterocycles. The van der Waals surface area contributed by atoms with Gasteiger partial charge in [-0.3, -0.25) is 0 Å². The number of nitrogens with zero attached hydrogens (tertiary/aromatic N) is 1. The van der Waals surface area contributed by atoms with Gasteiger partial charge in [0.25, 0.3) is 0 Å². The fourth-order valence-electron chi connectivity index (χ4n) is 2.13. The lowest BCUT2D eigenvalue weighted by molar-refractivity contribution is 0.329. The molecule has 4 heteroatoms. The quantitative estimate of drug-likeness (QED) is 0.935. The number of benzene rings is 1.